The summed E-state index contributed by atoms with van der Waals surface area (Å²) < 4.78 is 36.4. The number of fused-ring (bicyclic) bond motifs is 2. The Morgan fingerprint density at radius 2 is 1.97 bits per heavy atom. The minimum Gasteiger partial charge on any atom is -0.485 e. The molecule has 1 fully saturated rings. The molecule has 148 valence electrons. The predicted octanol–water partition coefficient (Wildman–Crippen LogP) is 3.55. The van der Waals surface area contributed by atoms with Gasteiger partial charge < -0.3 is 10.1 Å². The first-order valence-electron chi connectivity index (χ1n) is 9.61. The fraction of sp³-hybridized carbons (Fsp3) is 0.286. The third kappa shape index (κ3) is 3.40. The van der Waals surface area contributed by atoms with E-state index < -0.39 is 18.1 Å². The normalized spacial score (nSPS) is 20.1. The van der Waals surface area contributed by atoms with E-state index in [1.807, 2.05) is 28.8 Å². The zero-order valence-corrected chi connectivity index (χ0v) is 15.6. The molecule has 1 N–H and O–H groups in total. The number of ether oxygens (including phenoxy) is 1. The SMILES string of the molecule is Fc1cc(O[C@@H]2CCNCC[C@@H]2F)c2nc(-c3nnc4ccccn34)ccc2c1. The van der Waals surface area contributed by atoms with Gasteiger partial charge in [-0.3, -0.25) is 4.40 Å². The number of hydrogen-bond acceptors (Lipinski definition) is 5. The topological polar surface area (TPSA) is 64.3 Å². The number of alkyl halides is 1. The standard InChI is InChI=1S/C21H19F2N5O/c22-14-11-13-4-5-16(21-27-26-19-3-1-2-10-28(19)21)25-20(13)18(12-14)29-17-7-9-24-8-6-15(17)23/h1-5,10-12,15,17,24H,6-9H2/t15-,17+/m0/s1. The highest BCUT2D eigenvalue weighted by atomic mass is 19.1. The lowest BCUT2D eigenvalue weighted by atomic mass is 10.1. The Kier molecular flexibility index (Phi) is 4.55. The molecular weight excluding hydrogens is 376 g/mol. The number of halogens is 2. The van der Waals surface area contributed by atoms with Crippen molar-refractivity contribution in [2.75, 3.05) is 13.1 Å². The van der Waals surface area contributed by atoms with Gasteiger partial charge in [0, 0.05) is 17.6 Å². The average Bonchev–Trinajstić information content (AvgIpc) is 3.06. The van der Waals surface area contributed by atoms with Crippen LogP contribution in [0.5, 0.6) is 5.75 Å². The van der Waals surface area contributed by atoms with Crippen LogP contribution < -0.4 is 10.1 Å². The highest BCUT2D eigenvalue weighted by Crippen LogP contribution is 2.30. The van der Waals surface area contributed by atoms with Crippen LogP contribution in [0.1, 0.15) is 12.8 Å². The fourth-order valence-corrected chi connectivity index (χ4v) is 3.67. The molecule has 29 heavy (non-hydrogen) atoms. The molecule has 0 saturated carbocycles. The summed E-state index contributed by atoms with van der Waals surface area (Å²) in [6.45, 7) is 1.26. The van der Waals surface area contributed by atoms with Crippen molar-refractivity contribution in [3.63, 3.8) is 0 Å². The number of nitrogens with zero attached hydrogens (tertiary/aromatic N) is 4. The van der Waals surface area contributed by atoms with Gasteiger partial charge in [-0.15, -0.1) is 10.2 Å². The lowest BCUT2D eigenvalue weighted by Gasteiger charge is -2.21. The molecule has 0 spiro atoms. The molecule has 0 radical (unpaired) electrons. The van der Waals surface area contributed by atoms with E-state index in [0.717, 1.165) is 0 Å². The number of pyridine rings is 2. The van der Waals surface area contributed by atoms with Crippen molar-refractivity contribution < 1.29 is 13.5 Å². The number of hydrogen-bond donors (Lipinski definition) is 1. The van der Waals surface area contributed by atoms with Gasteiger partial charge in [0.25, 0.3) is 0 Å². The van der Waals surface area contributed by atoms with E-state index in [4.69, 9.17) is 4.74 Å². The zero-order chi connectivity index (χ0) is 19.8. The van der Waals surface area contributed by atoms with Crippen LogP contribution in [0.15, 0.2) is 48.7 Å². The van der Waals surface area contributed by atoms with E-state index in [1.54, 1.807) is 12.1 Å². The zero-order valence-electron chi connectivity index (χ0n) is 15.6. The summed E-state index contributed by atoms with van der Waals surface area (Å²) in [6, 6.07) is 11.8. The molecule has 4 heterocycles. The second-order valence-corrected chi connectivity index (χ2v) is 7.12. The lowest BCUT2D eigenvalue weighted by Crippen LogP contribution is -2.28. The molecular formula is C21H19F2N5O. The molecule has 3 aromatic heterocycles. The number of benzene rings is 1. The molecule has 6 nitrogen and oxygen atoms in total. The first-order valence-corrected chi connectivity index (χ1v) is 9.61. The van der Waals surface area contributed by atoms with E-state index in [-0.39, 0.29) is 5.75 Å². The van der Waals surface area contributed by atoms with Crippen LogP contribution in [0.2, 0.25) is 0 Å². The Morgan fingerprint density at radius 3 is 2.90 bits per heavy atom. The third-order valence-corrected chi connectivity index (χ3v) is 5.15. The Balaban J connectivity index is 1.59. The van der Waals surface area contributed by atoms with E-state index >= 15 is 0 Å². The van der Waals surface area contributed by atoms with Gasteiger partial charge in [0.05, 0.1) is 0 Å². The van der Waals surface area contributed by atoms with Gasteiger partial charge >= 0.3 is 0 Å². The quantitative estimate of drug-likeness (QED) is 0.575. The minimum absolute atomic E-state index is 0.241. The summed E-state index contributed by atoms with van der Waals surface area (Å²) in [7, 11) is 0. The van der Waals surface area contributed by atoms with E-state index in [0.29, 0.717) is 54.0 Å². The van der Waals surface area contributed by atoms with Gasteiger partial charge in [-0.25, -0.2) is 13.8 Å². The van der Waals surface area contributed by atoms with Crippen LogP contribution in [-0.2, 0) is 0 Å². The molecule has 1 aliphatic rings. The molecule has 2 atom stereocenters. The van der Waals surface area contributed by atoms with Crippen molar-refractivity contribution in [3.05, 3.63) is 54.5 Å². The number of rotatable bonds is 3. The molecule has 0 unspecified atom stereocenters. The summed E-state index contributed by atoms with van der Waals surface area (Å²) in [5, 5.41) is 12.1. The van der Waals surface area contributed by atoms with Crippen molar-refractivity contribution in [1.29, 1.82) is 0 Å². The Hall–Kier alpha value is -3.13. The van der Waals surface area contributed by atoms with Gasteiger partial charge in [0.1, 0.15) is 35.1 Å². The Labute approximate surface area is 165 Å². The summed E-state index contributed by atoms with van der Waals surface area (Å²) in [4.78, 5) is 4.67. The van der Waals surface area contributed by atoms with Crippen LogP contribution in [0.3, 0.4) is 0 Å². The first kappa shape index (κ1) is 17.9. The number of nitrogens with one attached hydrogen (secondary N) is 1. The van der Waals surface area contributed by atoms with Crippen LogP contribution >= 0.6 is 0 Å². The molecule has 1 aliphatic heterocycles. The van der Waals surface area contributed by atoms with E-state index in [1.165, 1.54) is 12.1 Å². The predicted molar refractivity (Wildman–Crippen MR) is 105 cm³/mol. The van der Waals surface area contributed by atoms with Crippen molar-refractivity contribution in [2.45, 2.75) is 25.1 Å². The Bertz CT molecular complexity index is 1180. The maximum atomic E-state index is 14.5. The second kappa shape index (κ2) is 7.36. The molecule has 4 aromatic rings. The largest absolute Gasteiger partial charge is 0.485 e. The van der Waals surface area contributed by atoms with Gasteiger partial charge in [-0.05, 0) is 50.2 Å². The summed E-state index contributed by atoms with van der Waals surface area (Å²) in [5.74, 6) is 0.363. The highest BCUT2D eigenvalue weighted by Gasteiger charge is 2.26. The molecule has 1 aromatic carbocycles. The molecule has 0 aliphatic carbocycles. The summed E-state index contributed by atoms with van der Waals surface area (Å²) >= 11 is 0. The van der Waals surface area contributed by atoms with E-state index in [9.17, 15) is 8.78 Å². The highest BCUT2D eigenvalue weighted by molar-refractivity contribution is 5.86. The van der Waals surface area contributed by atoms with E-state index in [2.05, 4.69) is 20.5 Å². The third-order valence-electron chi connectivity index (χ3n) is 5.15. The number of aromatic nitrogens is 4. The van der Waals surface area contributed by atoms with Crippen LogP contribution in [-0.4, -0.2) is 44.9 Å². The fourth-order valence-electron chi connectivity index (χ4n) is 3.67. The first-order chi connectivity index (χ1) is 14.2. The maximum absolute atomic E-state index is 14.5. The van der Waals surface area contributed by atoms with Crippen molar-refractivity contribution >= 4 is 16.6 Å². The Morgan fingerprint density at radius 1 is 1.07 bits per heavy atom. The van der Waals surface area contributed by atoms with Crippen molar-refractivity contribution in [1.82, 2.24) is 24.9 Å². The molecule has 0 bridgehead atoms. The molecule has 1 saturated heterocycles. The maximum Gasteiger partial charge on any atom is 0.187 e. The second-order valence-electron chi connectivity index (χ2n) is 7.12. The van der Waals surface area contributed by atoms with Crippen LogP contribution in [0.25, 0.3) is 28.1 Å². The summed E-state index contributed by atoms with van der Waals surface area (Å²) in [6.07, 6.45) is 0.960. The van der Waals surface area contributed by atoms with Gasteiger partial charge in [0.15, 0.2) is 11.5 Å². The molecule has 5 rings (SSSR count). The van der Waals surface area contributed by atoms with Crippen molar-refractivity contribution in [3.8, 4) is 17.3 Å². The molecule has 0 amide bonds. The average molecular weight is 395 g/mol. The van der Waals surface area contributed by atoms with Crippen molar-refractivity contribution in [2.24, 2.45) is 0 Å². The van der Waals surface area contributed by atoms with Gasteiger partial charge in [0.2, 0.25) is 0 Å². The van der Waals surface area contributed by atoms with Crippen LogP contribution in [0, 0.1) is 5.82 Å². The summed E-state index contributed by atoms with van der Waals surface area (Å²) in [5.41, 5.74) is 1.75. The minimum atomic E-state index is -1.12. The lowest BCUT2D eigenvalue weighted by molar-refractivity contribution is 0.0980. The van der Waals surface area contributed by atoms with Crippen LogP contribution in [0.4, 0.5) is 8.78 Å². The van der Waals surface area contributed by atoms with Gasteiger partial charge in [-0.1, -0.05) is 12.1 Å². The molecule has 8 heteroatoms. The monoisotopic (exact) mass is 395 g/mol. The van der Waals surface area contributed by atoms with Gasteiger partial charge in [-0.2, -0.15) is 0 Å². The smallest absolute Gasteiger partial charge is 0.187 e.